The molecule has 2 N–H and O–H groups in total. The number of carboxylic acids is 1. The molecule has 0 aromatic carbocycles. The maximum Gasteiger partial charge on any atom is 0.306 e. The Morgan fingerprint density at radius 3 is 2.65 bits per heavy atom. The van der Waals surface area contributed by atoms with Gasteiger partial charge in [0.1, 0.15) is 0 Å². The molecule has 2 fully saturated rings. The summed E-state index contributed by atoms with van der Waals surface area (Å²) in [6, 6.07) is 0.432. The summed E-state index contributed by atoms with van der Waals surface area (Å²) in [7, 11) is 0. The fourth-order valence-electron chi connectivity index (χ4n) is 3.07. The van der Waals surface area contributed by atoms with Gasteiger partial charge >= 0.3 is 5.97 Å². The van der Waals surface area contributed by atoms with Crippen molar-refractivity contribution >= 4 is 5.97 Å². The molecule has 0 amide bonds. The highest BCUT2D eigenvalue weighted by atomic mass is 16.4. The van der Waals surface area contributed by atoms with Crippen LogP contribution < -0.4 is 5.32 Å². The first kappa shape index (κ1) is 12.9. The minimum Gasteiger partial charge on any atom is -0.481 e. The molecule has 0 aromatic rings. The van der Waals surface area contributed by atoms with Crippen LogP contribution in [0.2, 0.25) is 0 Å². The van der Waals surface area contributed by atoms with Gasteiger partial charge < -0.3 is 10.4 Å². The number of hydrogen-bond donors (Lipinski definition) is 2. The Morgan fingerprint density at radius 2 is 2.12 bits per heavy atom. The smallest absolute Gasteiger partial charge is 0.306 e. The Labute approximate surface area is 104 Å². The van der Waals surface area contributed by atoms with Crippen LogP contribution in [-0.4, -0.2) is 23.7 Å². The largest absolute Gasteiger partial charge is 0.481 e. The molecular formula is C14H25NO2. The van der Waals surface area contributed by atoms with Crippen molar-refractivity contribution in [3.63, 3.8) is 0 Å². The van der Waals surface area contributed by atoms with E-state index in [1.165, 1.54) is 12.8 Å². The summed E-state index contributed by atoms with van der Waals surface area (Å²) in [6.45, 7) is 5.69. The van der Waals surface area contributed by atoms with Crippen LogP contribution in [0.4, 0.5) is 0 Å². The van der Waals surface area contributed by atoms with Crippen molar-refractivity contribution in [2.75, 3.05) is 6.54 Å². The van der Waals surface area contributed by atoms with Gasteiger partial charge in [-0.25, -0.2) is 0 Å². The molecule has 2 unspecified atom stereocenters. The number of carboxylic acid groups (broad SMARTS) is 1. The number of aliphatic carboxylic acids is 1. The molecule has 0 aliphatic heterocycles. The Hall–Kier alpha value is -0.570. The van der Waals surface area contributed by atoms with Crippen molar-refractivity contribution in [1.82, 2.24) is 5.32 Å². The normalized spacial score (nSPS) is 31.5. The zero-order valence-corrected chi connectivity index (χ0v) is 11.0. The Kier molecular flexibility index (Phi) is 3.76. The molecule has 0 bridgehead atoms. The lowest BCUT2D eigenvalue weighted by Crippen LogP contribution is -2.40. The summed E-state index contributed by atoms with van der Waals surface area (Å²) >= 11 is 0. The van der Waals surface area contributed by atoms with E-state index in [4.69, 9.17) is 5.11 Å². The average Bonchev–Trinajstić information content (AvgIpc) is 3.08. The van der Waals surface area contributed by atoms with Crippen molar-refractivity contribution < 1.29 is 9.90 Å². The molecule has 0 heterocycles. The van der Waals surface area contributed by atoms with Crippen LogP contribution >= 0.6 is 0 Å². The monoisotopic (exact) mass is 239 g/mol. The lowest BCUT2D eigenvalue weighted by molar-refractivity contribution is -0.143. The SMILES string of the molecule is CC(C)C1(CNC2CCCC(C(=O)O)C2)CC1. The minimum atomic E-state index is -0.610. The van der Waals surface area contributed by atoms with Crippen molar-refractivity contribution in [3.05, 3.63) is 0 Å². The summed E-state index contributed by atoms with van der Waals surface area (Å²) in [5.74, 6) is 0.0193. The van der Waals surface area contributed by atoms with E-state index in [0.717, 1.165) is 38.1 Å². The predicted octanol–water partition coefficient (Wildman–Crippen LogP) is 2.66. The molecular weight excluding hydrogens is 214 g/mol. The Balaban J connectivity index is 1.78. The molecule has 3 heteroatoms. The van der Waals surface area contributed by atoms with Crippen LogP contribution in [0.3, 0.4) is 0 Å². The molecule has 3 nitrogen and oxygen atoms in total. The van der Waals surface area contributed by atoms with Crippen LogP contribution in [0.25, 0.3) is 0 Å². The third kappa shape index (κ3) is 3.01. The summed E-state index contributed by atoms with van der Waals surface area (Å²) in [5, 5.41) is 12.7. The van der Waals surface area contributed by atoms with Gasteiger partial charge in [0, 0.05) is 12.6 Å². The lowest BCUT2D eigenvalue weighted by atomic mass is 9.85. The molecule has 0 spiro atoms. The van der Waals surface area contributed by atoms with Crippen LogP contribution in [0.5, 0.6) is 0 Å². The minimum absolute atomic E-state index is 0.115. The number of nitrogens with one attached hydrogen (secondary N) is 1. The highest BCUT2D eigenvalue weighted by molar-refractivity contribution is 5.70. The van der Waals surface area contributed by atoms with E-state index >= 15 is 0 Å². The van der Waals surface area contributed by atoms with Crippen LogP contribution in [0.1, 0.15) is 52.4 Å². The molecule has 2 rings (SSSR count). The first-order valence-electron chi connectivity index (χ1n) is 7.00. The summed E-state index contributed by atoms with van der Waals surface area (Å²) in [5.41, 5.74) is 0.524. The highest BCUT2D eigenvalue weighted by Gasteiger charge is 2.45. The van der Waals surface area contributed by atoms with Gasteiger partial charge in [0.25, 0.3) is 0 Å². The highest BCUT2D eigenvalue weighted by Crippen LogP contribution is 2.51. The fourth-order valence-corrected chi connectivity index (χ4v) is 3.07. The summed E-state index contributed by atoms with van der Waals surface area (Å²) in [6.07, 6.45) is 6.58. The number of hydrogen-bond acceptors (Lipinski definition) is 2. The van der Waals surface area contributed by atoms with Crippen molar-refractivity contribution in [1.29, 1.82) is 0 Å². The zero-order valence-electron chi connectivity index (χ0n) is 11.0. The van der Waals surface area contributed by atoms with Crippen LogP contribution in [0.15, 0.2) is 0 Å². The van der Waals surface area contributed by atoms with E-state index in [-0.39, 0.29) is 5.92 Å². The van der Waals surface area contributed by atoms with E-state index < -0.39 is 5.97 Å². The molecule has 17 heavy (non-hydrogen) atoms. The van der Waals surface area contributed by atoms with Crippen molar-refractivity contribution in [3.8, 4) is 0 Å². The van der Waals surface area contributed by atoms with E-state index in [1.807, 2.05) is 0 Å². The van der Waals surface area contributed by atoms with E-state index in [2.05, 4.69) is 19.2 Å². The van der Waals surface area contributed by atoms with Gasteiger partial charge in [-0.15, -0.1) is 0 Å². The van der Waals surface area contributed by atoms with Crippen molar-refractivity contribution in [2.45, 2.75) is 58.4 Å². The first-order valence-corrected chi connectivity index (χ1v) is 7.00. The molecule has 0 saturated heterocycles. The second-order valence-electron chi connectivity index (χ2n) is 6.30. The summed E-state index contributed by atoms with van der Waals surface area (Å²) < 4.78 is 0. The Bertz CT molecular complexity index is 284. The molecule has 0 radical (unpaired) electrons. The second-order valence-corrected chi connectivity index (χ2v) is 6.30. The number of carbonyl (C=O) groups is 1. The molecule has 0 aromatic heterocycles. The topological polar surface area (TPSA) is 49.3 Å². The van der Waals surface area contributed by atoms with Crippen LogP contribution in [0, 0.1) is 17.3 Å². The third-order valence-corrected chi connectivity index (χ3v) is 4.88. The van der Waals surface area contributed by atoms with E-state index in [9.17, 15) is 4.79 Å². The summed E-state index contributed by atoms with van der Waals surface area (Å²) in [4.78, 5) is 11.0. The maximum absolute atomic E-state index is 11.0. The van der Waals surface area contributed by atoms with Gasteiger partial charge in [-0.1, -0.05) is 20.3 Å². The van der Waals surface area contributed by atoms with E-state index in [0.29, 0.717) is 11.5 Å². The second kappa shape index (κ2) is 4.97. The molecule has 2 aliphatic rings. The lowest BCUT2D eigenvalue weighted by Gasteiger charge is -2.30. The number of rotatable bonds is 5. The quantitative estimate of drug-likeness (QED) is 0.775. The molecule has 2 atom stereocenters. The zero-order chi connectivity index (χ0) is 12.5. The maximum atomic E-state index is 11.0. The van der Waals surface area contributed by atoms with Crippen molar-refractivity contribution in [2.24, 2.45) is 17.3 Å². The van der Waals surface area contributed by atoms with Gasteiger partial charge in [-0.2, -0.15) is 0 Å². The molecule has 2 aliphatic carbocycles. The molecule has 2 saturated carbocycles. The average molecular weight is 239 g/mol. The first-order chi connectivity index (χ1) is 8.03. The third-order valence-electron chi connectivity index (χ3n) is 4.88. The fraction of sp³-hybridized carbons (Fsp3) is 0.929. The standard InChI is InChI=1S/C14H25NO2/c1-10(2)14(6-7-14)9-15-12-5-3-4-11(8-12)13(16)17/h10-12,15H,3-9H2,1-2H3,(H,16,17). The Morgan fingerprint density at radius 1 is 1.41 bits per heavy atom. The van der Waals surface area contributed by atoms with Crippen LogP contribution in [-0.2, 0) is 4.79 Å². The molecule has 98 valence electrons. The van der Waals surface area contributed by atoms with E-state index in [1.54, 1.807) is 0 Å². The van der Waals surface area contributed by atoms with Gasteiger partial charge in [0.2, 0.25) is 0 Å². The van der Waals surface area contributed by atoms with Gasteiger partial charge in [0.05, 0.1) is 5.92 Å². The van der Waals surface area contributed by atoms with Gasteiger partial charge in [-0.3, -0.25) is 4.79 Å². The van der Waals surface area contributed by atoms with Gasteiger partial charge in [-0.05, 0) is 43.4 Å². The predicted molar refractivity (Wildman–Crippen MR) is 67.9 cm³/mol. The van der Waals surface area contributed by atoms with Gasteiger partial charge in [0.15, 0.2) is 0 Å².